The lowest BCUT2D eigenvalue weighted by molar-refractivity contribution is 0.0395. The van der Waals surface area contributed by atoms with Crippen molar-refractivity contribution in [2.24, 2.45) is 10.7 Å². The lowest BCUT2D eigenvalue weighted by atomic mass is 10.4. The van der Waals surface area contributed by atoms with E-state index in [1.54, 1.807) is 12.3 Å². The third-order valence-corrected chi connectivity index (χ3v) is 1.95. The minimum Gasteiger partial charge on any atom is -0.405 e. The Morgan fingerprint density at radius 3 is 2.85 bits per heavy atom. The molecule has 0 bridgehead atoms. The molecule has 1 heterocycles. The van der Waals surface area contributed by atoms with Gasteiger partial charge in [-0.3, -0.25) is 9.89 Å². The summed E-state index contributed by atoms with van der Waals surface area (Å²) in [5.41, 5.74) is 5.15. The third-order valence-electron chi connectivity index (χ3n) is 1.95. The molecular weight excluding hydrogens is 166 g/mol. The number of hydrogen-bond acceptors (Lipinski definition) is 4. The predicted octanol–water partition coefficient (Wildman–Crippen LogP) is -0.138. The lowest BCUT2D eigenvalue weighted by Gasteiger charge is -2.25. The van der Waals surface area contributed by atoms with Crippen molar-refractivity contribution in [1.82, 2.24) is 4.90 Å². The zero-order chi connectivity index (χ0) is 9.36. The van der Waals surface area contributed by atoms with Gasteiger partial charge < -0.3 is 10.5 Å². The molecule has 0 amide bonds. The first-order valence-corrected chi connectivity index (χ1v) is 4.60. The lowest BCUT2D eigenvalue weighted by Crippen LogP contribution is -2.37. The summed E-state index contributed by atoms with van der Waals surface area (Å²) in [5.74, 6) is 0. The minimum atomic E-state index is 0.838. The van der Waals surface area contributed by atoms with Crippen molar-refractivity contribution in [3.8, 4) is 0 Å². The molecular formula is C9H17N3O. The van der Waals surface area contributed by atoms with E-state index in [1.165, 1.54) is 6.20 Å². The van der Waals surface area contributed by atoms with Gasteiger partial charge in [0.1, 0.15) is 0 Å². The van der Waals surface area contributed by atoms with Crippen molar-refractivity contribution in [3.05, 3.63) is 12.3 Å². The number of morpholine rings is 1. The van der Waals surface area contributed by atoms with E-state index in [2.05, 4.69) is 9.89 Å². The first-order chi connectivity index (χ1) is 6.43. The maximum atomic E-state index is 5.24. The highest BCUT2D eigenvalue weighted by atomic mass is 16.5. The zero-order valence-corrected chi connectivity index (χ0v) is 7.85. The van der Waals surface area contributed by atoms with Gasteiger partial charge in [-0.05, 0) is 12.3 Å². The van der Waals surface area contributed by atoms with Gasteiger partial charge in [0.25, 0.3) is 0 Å². The molecule has 13 heavy (non-hydrogen) atoms. The van der Waals surface area contributed by atoms with E-state index in [1.807, 2.05) is 0 Å². The van der Waals surface area contributed by atoms with Crippen LogP contribution >= 0.6 is 0 Å². The Balaban J connectivity index is 2.04. The van der Waals surface area contributed by atoms with Crippen LogP contribution in [-0.4, -0.2) is 50.5 Å². The Morgan fingerprint density at radius 1 is 1.38 bits per heavy atom. The number of allylic oxidation sites excluding steroid dienone is 1. The summed E-state index contributed by atoms with van der Waals surface area (Å²) in [6, 6.07) is 0. The van der Waals surface area contributed by atoms with Crippen molar-refractivity contribution in [2.75, 3.05) is 39.4 Å². The van der Waals surface area contributed by atoms with Gasteiger partial charge in [0.2, 0.25) is 0 Å². The summed E-state index contributed by atoms with van der Waals surface area (Å²) >= 11 is 0. The Morgan fingerprint density at radius 2 is 2.15 bits per heavy atom. The summed E-state index contributed by atoms with van der Waals surface area (Å²) in [7, 11) is 0. The summed E-state index contributed by atoms with van der Waals surface area (Å²) in [6.07, 6.45) is 4.96. The summed E-state index contributed by atoms with van der Waals surface area (Å²) in [4.78, 5) is 6.54. The molecule has 1 fully saturated rings. The van der Waals surface area contributed by atoms with Gasteiger partial charge in [0.05, 0.1) is 19.8 Å². The largest absolute Gasteiger partial charge is 0.405 e. The van der Waals surface area contributed by atoms with Crippen LogP contribution in [0.1, 0.15) is 0 Å². The van der Waals surface area contributed by atoms with Crippen molar-refractivity contribution in [3.63, 3.8) is 0 Å². The fourth-order valence-corrected chi connectivity index (χ4v) is 1.21. The number of hydrogen-bond donors (Lipinski definition) is 1. The van der Waals surface area contributed by atoms with Gasteiger partial charge in [-0.1, -0.05) is 0 Å². The number of ether oxygens (including phenoxy) is 1. The number of nitrogens with two attached hydrogens (primary N) is 1. The molecule has 0 aromatic carbocycles. The summed E-state index contributed by atoms with van der Waals surface area (Å²) in [6.45, 7) is 5.62. The quantitative estimate of drug-likeness (QED) is 0.617. The van der Waals surface area contributed by atoms with E-state index in [4.69, 9.17) is 10.5 Å². The first kappa shape index (κ1) is 10.2. The molecule has 0 saturated carbocycles. The monoisotopic (exact) mass is 183 g/mol. The molecule has 0 aliphatic carbocycles. The molecule has 74 valence electrons. The molecule has 0 atom stereocenters. The molecule has 0 aromatic heterocycles. The van der Waals surface area contributed by atoms with Crippen LogP contribution in [0, 0.1) is 0 Å². The number of nitrogens with zero attached hydrogens (tertiary/aromatic N) is 2. The van der Waals surface area contributed by atoms with E-state index in [0.717, 1.165) is 39.4 Å². The highest BCUT2D eigenvalue weighted by Gasteiger charge is 2.08. The summed E-state index contributed by atoms with van der Waals surface area (Å²) < 4.78 is 5.24. The third kappa shape index (κ3) is 4.65. The molecule has 2 N–H and O–H groups in total. The topological polar surface area (TPSA) is 50.8 Å². The first-order valence-electron chi connectivity index (χ1n) is 4.60. The minimum absolute atomic E-state index is 0.838. The van der Waals surface area contributed by atoms with Gasteiger partial charge in [0.15, 0.2) is 0 Å². The van der Waals surface area contributed by atoms with Gasteiger partial charge in [-0.2, -0.15) is 0 Å². The molecule has 1 rings (SSSR count). The van der Waals surface area contributed by atoms with E-state index in [0.29, 0.717) is 0 Å². The second kappa shape index (κ2) is 6.62. The Bertz CT molecular complexity index is 174. The van der Waals surface area contributed by atoms with E-state index in [9.17, 15) is 0 Å². The van der Waals surface area contributed by atoms with Crippen molar-refractivity contribution < 1.29 is 4.74 Å². The van der Waals surface area contributed by atoms with Crippen molar-refractivity contribution >= 4 is 6.21 Å². The molecule has 0 spiro atoms. The van der Waals surface area contributed by atoms with Crippen LogP contribution in [0.5, 0.6) is 0 Å². The van der Waals surface area contributed by atoms with Crippen LogP contribution in [0.25, 0.3) is 0 Å². The van der Waals surface area contributed by atoms with Gasteiger partial charge in [0, 0.05) is 25.8 Å². The fourth-order valence-electron chi connectivity index (χ4n) is 1.21. The van der Waals surface area contributed by atoms with E-state index >= 15 is 0 Å². The highest BCUT2D eigenvalue weighted by Crippen LogP contribution is 1.95. The van der Waals surface area contributed by atoms with Crippen LogP contribution in [0.3, 0.4) is 0 Å². The molecule has 1 aliphatic rings. The van der Waals surface area contributed by atoms with E-state index in [-0.39, 0.29) is 0 Å². The molecule has 0 radical (unpaired) electrons. The van der Waals surface area contributed by atoms with Crippen LogP contribution in [0.4, 0.5) is 0 Å². The van der Waals surface area contributed by atoms with Gasteiger partial charge >= 0.3 is 0 Å². The normalized spacial score (nSPS) is 20.3. The smallest absolute Gasteiger partial charge is 0.0594 e. The standard InChI is InChI=1S/C9H17N3O/c10-2-1-3-11-4-5-12-6-8-13-9-7-12/h1-3H,4-10H2/b2-1-,11-3?. The van der Waals surface area contributed by atoms with Crippen LogP contribution in [-0.2, 0) is 4.74 Å². The Hall–Kier alpha value is -0.870. The SMILES string of the molecule is N/C=C\C=NCCN1CCOCC1. The van der Waals surface area contributed by atoms with Crippen molar-refractivity contribution in [1.29, 1.82) is 0 Å². The number of rotatable bonds is 4. The molecule has 1 saturated heterocycles. The second-order valence-corrected chi connectivity index (χ2v) is 2.89. The number of aliphatic imine (C=N–C) groups is 1. The van der Waals surface area contributed by atoms with Gasteiger partial charge in [-0.25, -0.2) is 0 Å². The average molecular weight is 183 g/mol. The zero-order valence-electron chi connectivity index (χ0n) is 7.85. The maximum absolute atomic E-state index is 5.24. The Kier molecular flexibility index (Phi) is 5.20. The van der Waals surface area contributed by atoms with Gasteiger partial charge in [-0.15, -0.1) is 0 Å². The Labute approximate surface area is 79.1 Å². The van der Waals surface area contributed by atoms with Crippen LogP contribution in [0.15, 0.2) is 17.3 Å². The van der Waals surface area contributed by atoms with Crippen LogP contribution in [0.2, 0.25) is 0 Å². The molecule has 4 nitrogen and oxygen atoms in total. The molecule has 1 aliphatic heterocycles. The molecule has 0 unspecified atom stereocenters. The maximum Gasteiger partial charge on any atom is 0.0594 e. The fraction of sp³-hybridized carbons (Fsp3) is 0.667. The average Bonchev–Trinajstić information content (AvgIpc) is 2.19. The molecule has 0 aromatic rings. The highest BCUT2D eigenvalue weighted by molar-refractivity contribution is 5.70. The van der Waals surface area contributed by atoms with Crippen molar-refractivity contribution in [2.45, 2.75) is 0 Å². The predicted molar refractivity (Wildman–Crippen MR) is 53.9 cm³/mol. The second-order valence-electron chi connectivity index (χ2n) is 2.89. The molecule has 4 heteroatoms. The summed E-state index contributed by atoms with van der Waals surface area (Å²) in [5, 5.41) is 0. The van der Waals surface area contributed by atoms with Crippen LogP contribution < -0.4 is 5.73 Å². The van der Waals surface area contributed by atoms with E-state index < -0.39 is 0 Å².